The second kappa shape index (κ2) is 6.13. The van der Waals surface area contributed by atoms with Crippen LogP contribution in [0.4, 0.5) is 0 Å². The van der Waals surface area contributed by atoms with Gasteiger partial charge in [-0.25, -0.2) is 0 Å². The number of aryl methyl sites for hydroxylation is 1. The molecule has 4 atom stereocenters. The minimum Gasteiger partial charge on any atom is -0.314 e. The van der Waals surface area contributed by atoms with Crippen LogP contribution in [-0.2, 0) is 6.42 Å². The quantitative estimate of drug-likeness (QED) is 0.575. The molecule has 1 heteroatoms. The van der Waals surface area contributed by atoms with Crippen LogP contribution in [0.3, 0.4) is 0 Å². The number of allylic oxidation sites excluding steroid dienone is 1. The summed E-state index contributed by atoms with van der Waals surface area (Å²) >= 11 is 0. The lowest BCUT2D eigenvalue weighted by atomic mass is 9.92. The molecule has 4 unspecified atom stereocenters. The number of hydrogen-bond donors (Lipinski definition) is 1. The van der Waals surface area contributed by atoms with E-state index in [9.17, 15) is 0 Å². The van der Waals surface area contributed by atoms with Crippen molar-refractivity contribution in [2.75, 3.05) is 6.54 Å². The third-order valence-corrected chi connectivity index (χ3v) is 5.24. The van der Waals surface area contributed by atoms with Gasteiger partial charge >= 0.3 is 0 Å². The maximum atomic E-state index is 3.85. The van der Waals surface area contributed by atoms with Gasteiger partial charge < -0.3 is 5.32 Å². The molecule has 2 aliphatic carbocycles. The first kappa shape index (κ1) is 13.9. The summed E-state index contributed by atoms with van der Waals surface area (Å²) in [7, 11) is 0. The van der Waals surface area contributed by atoms with E-state index in [1.54, 1.807) is 11.1 Å². The summed E-state index contributed by atoms with van der Waals surface area (Å²) < 4.78 is 0. The van der Waals surface area contributed by atoms with Crippen LogP contribution in [0.2, 0.25) is 0 Å². The molecular formula is C19H27N. The van der Waals surface area contributed by atoms with Crippen molar-refractivity contribution >= 4 is 0 Å². The van der Waals surface area contributed by atoms with Crippen molar-refractivity contribution < 1.29 is 0 Å². The van der Waals surface area contributed by atoms with E-state index < -0.39 is 0 Å². The standard InChI is InChI=1S/C19H27N/c1-3-5-6-11-17(20-4-2)19-16-13-12-14-9-7-8-10-15(14)18(16)19/h3,7-10,16-20H,1,4-6,11-13H2,2H3. The molecule has 1 saturated carbocycles. The van der Waals surface area contributed by atoms with Gasteiger partial charge in [-0.05, 0) is 67.5 Å². The van der Waals surface area contributed by atoms with Gasteiger partial charge in [-0.1, -0.05) is 37.3 Å². The summed E-state index contributed by atoms with van der Waals surface area (Å²) in [6, 6.07) is 9.83. The van der Waals surface area contributed by atoms with Crippen LogP contribution in [0.15, 0.2) is 36.9 Å². The fourth-order valence-electron chi connectivity index (χ4n) is 4.34. The normalized spacial score (nSPS) is 28.4. The highest BCUT2D eigenvalue weighted by molar-refractivity contribution is 5.40. The molecule has 20 heavy (non-hydrogen) atoms. The van der Waals surface area contributed by atoms with Crippen LogP contribution in [-0.4, -0.2) is 12.6 Å². The van der Waals surface area contributed by atoms with E-state index in [0.29, 0.717) is 6.04 Å². The maximum absolute atomic E-state index is 3.85. The fraction of sp³-hybridized carbons (Fsp3) is 0.579. The monoisotopic (exact) mass is 269 g/mol. The zero-order chi connectivity index (χ0) is 13.9. The highest BCUT2D eigenvalue weighted by atomic mass is 14.9. The Bertz CT molecular complexity index is 465. The molecule has 0 radical (unpaired) electrons. The van der Waals surface area contributed by atoms with Crippen LogP contribution in [0.25, 0.3) is 0 Å². The lowest BCUT2D eigenvalue weighted by Gasteiger charge is -2.18. The zero-order valence-corrected chi connectivity index (χ0v) is 12.6. The maximum Gasteiger partial charge on any atom is 0.0104 e. The molecule has 0 aromatic heterocycles. The van der Waals surface area contributed by atoms with Gasteiger partial charge in [0, 0.05) is 6.04 Å². The molecule has 1 nitrogen and oxygen atoms in total. The largest absolute Gasteiger partial charge is 0.314 e. The summed E-state index contributed by atoms with van der Waals surface area (Å²) in [6.07, 6.45) is 8.48. The van der Waals surface area contributed by atoms with Gasteiger partial charge in [0.2, 0.25) is 0 Å². The molecule has 1 aromatic rings. The molecule has 0 bridgehead atoms. The molecule has 0 saturated heterocycles. The van der Waals surface area contributed by atoms with Crippen LogP contribution in [0.1, 0.15) is 49.7 Å². The Morgan fingerprint density at radius 2 is 2.25 bits per heavy atom. The van der Waals surface area contributed by atoms with Gasteiger partial charge in [-0.3, -0.25) is 0 Å². The Kier molecular flexibility index (Phi) is 4.26. The third kappa shape index (κ3) is 2.56. The predicted molar refractivity (Wildman–Crippen MR) is 86.0 cm³/mol. The number of hydrogen-bond acceptors (Lipinski definition) is 1. The van der Waals surface area contributed by atoms with Crippen LogP contribution >= 0.6 is 0 Å². The fourth-order valence-corrected chi connectivity index (χ4v) is 4.34. The van der Waals surface area contributed by atoms with E-state index in [1.807, 2.05) is 0 Å². The van der Waals surface area contributed by atoms with E-state index >= 15 is 0 Å². The smallest absolute Gasteiger partial charge is 0.0104 e. The average Bonchev–Trinajstić information content (AvgIpc) is 3.21. The van der Waals surface area contributed by atoms with Gasteiger partial charge in [0.25, 0.3) is 0 Å². The van der Waals surface area contributed by atoms with Gasteiger partial charge in [0.1, 0.15) is 0 Å². The lowest BCUT2D eigenvalue weighted by molar-refractivity contribution is 0.411. The molecule has 0 heterocycles. The third-order valence-electron chi connectivity index (χ3n) is 5.24. The summed E-state index contributed by atoms with van der Waals surface area (Å²) in [4.78, 5) is 0. The Labute approximate surface area is 123 Å². The average molecular weight is 269 g/mol. The summed E-state index contributed by atoms with van der Waals surface area (Å²) in [5.74, 6) is 2.66. The van der Waals surface area contributed by atoms with Gasteiger partial charge in [0.05, 0.1) is 0 Å². The van der Waals surface area contributed by atoms with Crippen molar-refractivity contribution in [1.29, 1.82) is 0 Å². The first-order valence-corrected chi connectivity index (χ1v) is 8.29. The van der Waals surface area contributed by atoms with Crippen molar-refractivity contribution in [3.63, 3.8) is 0 Å². The van der Waals surface area contributed by atoms with Crippen LogP contribution < -0.4 is 5.32 Å². The number of benzene rings is 1. The highest BCUT2D eigenvalue weighted by Gasteiger charge is 2.55. The van der Waals surface area contributed by atoms with Crippen LogP contribution in [0.5, 0.6) is 0 Å². The minimum atomic E-state index is 0.709. The van der Waals surface area contributed by atoms with E-state index in [4.69, 9.17) is 0 Å². The van der Waals surface area contributed by atoms with E-state index in [1.165, 1.54) is 25.7 Å². The molecule has 0 spiro atoms. The SMILES string of the molecule is C=CCCCC(NCC)C1C2CCc3ccccc3C21. The molecule has 2 aliphatic rings. The van der Waals surface area contributed by atoms with E-state index in [2.05, 4.69) is 49.2 Å². The van der Waals surface area contributed by atoms with Crippen molar-refractivity contribution in [1.82, 2.24) is 5.32 Å². The summed E-state index contributed by atoms with van der Waals surface area (Å²) in [5.41, 5.74) is 3.26. The lowest BCUT2D eigenvalue weighted by Crippen LogP contribution is -2.31. The Morgan fingerprint density at radius 1 is 1.40 bits per heavy atom. The Hall–Kier alpha value is -1.08. The molecule has 1 fully saturated rings. The molecule has 0 aliphatic heterocycles. The molecule has 1 aromatic carbocycles. The first-order valence-electron chi connectivity index (χ1n) is 8.29. The number of fused-ring (bicyclic) bond motifs is 3. The molecular weight excluding hydrogens is 242 g/mol. The number of unbranched alkanes of at least 4 members (excludes halogenated alkanes) is 1. The van der Waals surface area contributed by atoms with E-state index in [-0.39, 0.29) is 0 Å². The van der Waals surface area contributed by atoms with Gasteiger partial charge in [-0.15, -0.1) is 6.58 Å². The zero-order valence-electron chi connectivity index (χ0n) is 12.6. The molecule has 3 rings (SSSR count). The minimum absolute atomic E-state index is 0.709. The Balaban J connectivity index is 1.70. The second-order valence-corrected chi connectivity index (χ2v) is 6.39. The van der Waals surface area contributed by atoms with Crippen molar-refractivity contribution in [3.8, 4) is 0 Å². The topological polar surface area (TPSA) is 12.0 Å². The first-order chi connectivity index (χ1) is 9.86. The molecule has 1 N–H and O–H groups in total. The van der Waals surface area contributed by atoms with Crippen molar-refractivity contribution in [2.24, 2.45) is 11.8 Å². The molecule has 0 amide bonds. The van der Waals surface area contributed by atoms with Crippen molar-refractivity contribution in [2.45, 2.75) is 51.0 Å². The van der Waals surface area contributed by atoms with Gasteiger partial charge in [-0.2, -0.15) is 0 Å². The number of nitrogens with one attached hydrogen (secondary N) is 1. The van der Waals surface area contributed by atoms with E-state index in [0.717, 1.165) is 30.7 Å². The Morgan fingerprint density at radius 3 is 3.05 bits per heavy atom. The summed E-state index contributed by atoms with van der Waals surface area (Å²) in [5, 5.41) is 3.76. The number of rotatable bonds is 7. The van der Waals surface area contributed by atoms with Crippen molar-refractivity contribution in [3.05, 3.63) is 48.0 Å². The van der Waals surface area contributed by atoms with Crippen LogP contribution in [0, 0.1) is 11.8 Å². The van der Waals surface area contributed by atoms with Gasteiger partial charge in [0.15, 0.2) is 0 Å². The highest BCUT2D eigenvalue weighted by Crippen LogP contribution is 2.61. The summed E-state index contributed by atoms with van der Waals surface area (Å²) in [6.45, 7) is 7.18. The predicted octanol–water partition coefficient (Wildman–Crippen LogP) is 4.30. The second-order valence-electron chi connectivity index (χ2n) is 6.39. The molecule has 108 valence electrons.